The average molecular weight is 380 g/mol. The zero-order chi connectivity index (χ0) is 19.8. The smallest absolute Gasteiger partial charge is 0.410 e. The Morgan fingerprint density at radius 1 is 1.15 bits per heavy atom. The van der Waals surface area contributed by atoms with Gasteiger partial charge >= 0.3 is 12.1 Å². The fourth-order valence-corrected chi connectivity index (χ4v) is 3.68. The third-order valence-corrected chi connectivity index (χ3v) is 5.23. The molecule has 0 aromatic carbocycles. The molecule has 0 radical (unpaired) electrons. The zero-order valence-electron chi connectivity index (χ0n) is 16.5. The van der Waals surface area contributed by atoms with Crippen molar-refractivity contribution in [1.29, 1.82) is 0 Å². The zero-order valence-corrected chi connectivity index (χ0v) is 16.5. The summed E-state index contributed by atoms with van der Waals surface area (Å²) < 4.78 is 16.5. The maximum atomic E-state index is 12.9. The van der Waals surface area contributed by atoms with Crippen molar-refractivity contribution >= 4 is 18.0 Å². The Morgan fingerprint density at radius 2 is 1.81 bits per heavy atom. The Balaban J connectivity index is 1.64. The van der Waals surface area contributed by atoms with Crippen LogP contribution >= 0.6 is 0 Å². The average Bonchev–Trinajstić information content (AvgIpc) is 2.81. The summed E-state index contributed by atoms with van der Waals surface area (Å²) in [5.41, 5.74) is 0.0202. The summed E-state index contributed by atoms with van der Waals surface area (Å²) in [5.74, 6) is -0.436. The van der Waals surface area contributed by atoms with Gasteiger partial charge in [0, 0.05) is 19.6 Å². The van der Waals surface area contributed by atoms with E-state index in [1.807, 2.05) is 20.8 Å². The largest absolute Gasteiger partial charge is 0.456 e. The van der Waals surface area contributed by atoms with Gasteiger partial charge in [0.1, 0.15) is 12.2 Å². The number of cyclic esters (lactones) is 1. The Bertz CT molecular complexity index is 670. The molecule has 2 amide bonds. The van der Waals surface area contributed by atoms with Gasteiger partial charge in [-0.1, -0.05) is 0 Å². The van der Waals surface area contributed by atoms with Crippen molar-refractivity contribution < 1.29 is 28.6 Å². The molecule has 0 unspecified atom stereocenters. The molecule has 3 aliphatic heterocycles. The summed E-state index contributed by atoms with van der Waals surface area (Å²) in [4.78, 5) is 40.0. The predicted molar refractivity (Wildman–Crippen MR) is 95.7 cm³/mol. The maximum absolute atomic E-state index is 12.9. The van der Waals surface area contributed by atoms with Crippen molar-refractivity contribution in [3.8, 4) is 0 Å². The number of carbonyl (C=O) groups excluding carboxylic acids is 3. The molecule has 3 rings (SSSR count). The van der Waals surface area contributed by atoms with Crippen molar-refractivity contribution in [1.82, 2.24) is 9.80 Å². The fourth-order valence-electron chi connectivity index (χ4n) is 3.68. The van der Waals surface area contributed by atoms with E-state index < -0.39 is 11.2 Å². The number of hydrogen-bond donors (Lipinski definition) is 0. The number of amides is 2. The van der Waals surface area contributed by atoms with E-state index >= 15 is 0 Å². The van der Waals surface area contributed by atoms with Crippen LogP contribution in [0.1, 0.15) is 47.0 Å². The molecule has 8 heteroatoms. The van der Waals surface area contributed by atoms with Gasteiger partial charge in [0.2, 0.25) is 5.91 Å². The Hall–Kier alpha value is -2.09. The second kappa shape index (κ2) is 7.14. The van der Waals surface area contributed by atoms with Crippen LogP contribution < -0.4 is 0 Å². The molecule has 0 aromatic rings. The minimum Gasteiger partial charge on any atom is -0.456 e. The number of piperidine rings is 1. The summed E-state index contributed by atoms with van der Waals surface area (Å²) in [6.45, 7) is 9.11. The van der Waals surface area contributed by atoms with E-state index in [0.717, 1.165) is 0 Å². The molecule has 3 heterocycles. The third kappa shape index (κ3) is 4.26. The Morgan fingerprint density at radius 3 is 2.37 bits per heavy atom. The summed E-state index contributed by atoms with van der Waals surface area (Å²) in [6.07, 6.45) is 1.07. The van der Waals surface area contributed by atoms with Gasteiger partial charge in [-0.05, 0) is 40.5 Å². The third-order valence-electron chi connectivity index (χ3n) is 5.23. The van der Waals surface area contributed by atoms with Crippen LogP contribution in [0.15, 0.2) is 11.3 Å². The van der Waals surface area contributed by atoms with Crippen LogP contribution in [0, 0.1) is 0 Å². The van der Waals surface area contributed by atoms with Crippen LogP contribution in [-0.2, 0) is 23.8 Å². The van der Waals surface area contributed by atoms with Crippen LogP contribution in [0.4, 0.5) is 4.79 Å². The normalized spacial score (nSPS) is 23.6. The van der Waals surface area contributed by atoms with Crippen LogP contribution in [-0.4, -0.2) is 71.8 Å². The molecule has 0 bridgehead atoms. The predicted octanol–water partition coefficient (Wildman–Crippen LogP) is 1.84. The van der Waals surface area contributed by atoms with E-state index in [2.05, 4.69) is 0 Å². The molecule has 0 aliphatic carbocycles. The second-order valence-electron chi connectivity index (χ2n) is 8.37. The number of nitrogens with zero attached hydrogens (tertiary/aromatic N) is 2. The van der Waals surface area contributed by atoms with Gasteiger partial charge in [0.25, 0.3) is 0 Å². The van der Waals surface area contributed by atoms with E-state index in [-0.39, 0.29) is 31.0 Å². The van der Waals surface area contributed by atoms with Gasteiger partial charge in [0.05, 0.1) is 29.9 Å². The fraction of sp³-hybridized carbons (Fsp3) is 0.737. The maximum Gasteiger partial charge on any atom is 0.410 e. The van der Waals surface area contributed by atoms with Gasteiger partial charge in [-0.3, -0.25) is 4.79 Å². The highest BCUT2D eigenvalue weighted by atomic mass is 16.6. The second-order valence-corrected chi connectivity index (χ2v) is 8.37. The number of ether oxygens (including phenoxy) is 3. The van der Waals surface area contributed by atoms with Gasteiger partial charge in [-0.25, -0.2) is 9.59 Å². The van der Waals surface area contributed by atoms with Crippen molar-refractivity contribution in [3.05, 3.63) is 11.3 Å². The van der Waals surface area contributed by atoms with Crippen LogP contribution in [0.5, 0.6) is 0 Å². The number of rotatable bonds is 1. The summed E-state index contributed by atoms with van der Waals surface area (Å²) in [5, 5.41) is 0. The molecular formula is C19H28N2O6. The monoisotopic (exact) mass is 380 g/mol. The van der Waals surface area contributed by atoms with Crippen molar-refractivity contribution in [2.75, 3.05) is 32.8 Å². The van der Waals surface area contributed by atoms with Crippen molar-refractivity contribution in [2.24, 2.45) is 0 Å². The number of likely N-dealkylation sites (tertiary alicyclic amines) is 1. The standard InChI is InChI=1S/C19H28N2O6/c1-13-14(12-25-16(13)23)21-9-10-26-19(11-15(21)22)5-7-20(8-6-19)17(24)27-18(2,3)4/h5-12H2,1-4H3. The first-order valence-electron chi connectivity index (χ1n) is 9.39. The summed E-state index contributed by atoms with van der Waals surface area (Å²) >= 11 is 0. The van der Waals surface area contributed by atoms with Gasteiger partial charge in [0.15, 0.2) is 0 Å². The number of esters is 1. The first-order chi connectivity index (χ1) is 12.6. The Kier molecular flexibility index (Phi) is 5.20. The van der Waals surface area contributed by atoms with Crippen LogP contribution in [0.2, 0.25) is 0 Å². The quantitative estimate of drug-likeness (QED) is 0.645. The lowest BCUT2D eigenvalue weighted by Gasteiger charge is -2.40. The molecule has 1 spiro atoms. The van der Waals surface area contributed by atoms with Gasteiger partial charge in [-0.15, -0.1) is 0 Å². The molecule has 0 aromatic heterocycles. The molecule has 3 aliphatic rings. The molecular weight excluding hydrogens is 352 g/mol. The molecule has 8 nitrogen and oxygen atoms in total. The minimum absolute atomic E-state index is 0.0640. The molecule has 0 N–H and O–H groups in total. The Labute approximate surface area is 159 Å². The lowest BCUT2D eigenvalue weighted by Crippen LogP contribution is -2.50. The highest BCUT2D eigenvalue weighted by Crippen LogP contribution is 2.34. The highest BCUT2D eigenvalue weighted by molar-refractivity contribution is 5.92. The van der Waals surface area contributed by atoms with Gasteiger partial charge in [-0.2, -0.15) is 0 Å². The minimum atomic E-state index is -0.567. The van der Waals surface area contributed by atoms with Crippen molar-refractivity contribution in [2.45, 2.75) is 58.2 Å². The SMILES string of the molecule is CC1=C(N2CCOC3(CCN(C(=O)OC(C)(C)C)CC3)CC2=O)COC1=O. The topological polar surface area (TPSA) is 85.4 Å². The summed E-state index contributed by atoms with van der Waals surface area (Å²) in [6, 6.07) is 0. The highest BCUT2D eigenvalue weighted by Gasteiger charge is 2.43. The molecule has 0 atom stereocenters. The lowest BCUT2D eigenvalue weighted by molar-refractivity contribution is -0.137. The molecule has 2 fully saturated rings. The van der Waals surface area contributed by atoms with Gasteiger partial charge < -0.3 is 24.0 Å². The van der Waals surface area contributed by atoms with E-state index in [0.29, 0.717) is 50.4 Å². The van der Waals surface area contributed by atoms with E-state index in [1.54, 1.807) is 16.7 Å². The van der Waals surface area contributed by atoms with Crippen LogP contribution in [0.25, 0.3) is 0 Å². The van der Waals surface area contributed by atoms with Crippen LogP contribution in [0.3, 0.4) is 0 Å². The molecule has 150 valence electrons. The molecule has 0 saturated carbocycles. The lowest BCUT2D eigenvalue weighted by atomic mass is 9.87. The first kappa shape index (κ1) is 19.7. The first-order valence-corrected chi connectivity index (χ1v) is 9.39. The summed E-state index contributed by atoms with van der Waals surface area (Å²) in [7, 11) is 0. The molecule has 27 heavy (non-hydrogen) atoms. The van der Waals surface area contributed by atoms with E-state index in [1.165, 1.54) is 0 Å². The van der Waals surface area contributed by atoms with E-state index in [4.69, 9.17) is 14.2 Å². The van der Waals surface area contributed by atoms with Crippen molar-refractivity contribution in [3.63, 3.8) is 0 Å². The number of carbonyl (C=O) groups is 3. The van der Waals surface area contributed by atoms with E-state index in [9.17, 15) is 14.4 Å². The number of hydrogen-bond acceptors (Lipinski definition) is 6. The molecule has 2 saturated heterocycles.